The SMILES string of the molecule is C=CC1CCC(CCCC(C)=O)CC1. The van der Waals surface area contributed by atoms with Crippen LogP contribution in [0, 0.1) is 11.8 Å². The lowest BCUT2D eigenvalue weighted by Gasteiger charge is -2.26. The third kappa shape index (κ3) is 4.08. The van der Waals surface area contributed by atoms with Gasteiger partial charge < -0.3 is 4.79 Å². The molecule has 0 aromatic rings. The van der Waals surface area contributed by atoms with Crippen molar-refractivity contribution in [3.8, 4) is 0 Å². The summed E-state index contributed by atoms with van der Waals surface area (Å²) >= 11 is 0. The largest absolute Gasteiger partial charge is 0.300 e. The Labute approximate surface area is 87.6 Å². The minimum Gasteiger partial charge on any atom is -0.300 e. The number of hydrogen-bond acceptors (Lipinski definition) is 1. The predicted octanol–water partition coefficient (Wildman–Crippen LogP) is 3.74. The first-order valence-corrected chi connectivity index (χ1v) is 5.84. The smallest absolute Gasteiger partial charge is 0.129 e. The van der Waals surface area contributed by atoms with Crippen LogP contribution in [0.5, 0.6) is 0 Å². The Kier molecular flexibility index (Phi) is 4.92. The summed E-state index contributed by atoms with van der Waals surface area (Å²) in [5, 5.41) is 0. The molecular formula is C13H22O. The third-order valence-electron chi connectivity index (χ3n) is 3.37. The lowest BCUT2D eigenvalue weighted by Crippen LogP contribution is -2.13. The van der Waals surface area contributed by atoms with Crippen LogP contribution in [-0.2, 0) is 4.79 Å². The topological polar surface area (TPSA) is 17.1 Å². The molecule has 0 atom stereocenters. The number of carbonyl (C=O) groups is 1. The van der Waals surface area contributed by atoms with E-state index in [2.05, 4.69) is 12.7 Å². The van der Waals surface area contributed by atoms with Crippen LogP contribution in [0.3, 0.4) is 0 Å². The fourth-order valence-corrected chi connectivity index (χ4v) is 2.35. The van der Waals surface area contributed by atoms with Gasteiger partial charge in [0.1, 0.15) is 5.78 Å². The van der Waals surface area contributed by atoms with Crippen molar-refractivity contribution in [2.24, 2.45) is 11.8 Å². The van der Waals surface area contributed by atoms with Crippen molar-refractivity contribution in [2.75, 3.05) is 0 Å². The van der Waals surface area contributed by atoms with E-state index in [1.807, 2.05) is 0 Å². The molecule has 0 bridgehead atoms. The molecule has 0 saturated heterocycles. The van der Waals surface area contributed by atoms with Gasteiger partial charge in [0.15, 0.2) is 0 Å². The Morgan fingerprint density at radius 2 is 2.00 bits per heavy atom. The zero-order valence-electron chi connectivity index (χ0n) is 9.30. The maximum atomic E-state index is 10.8. The standard InChI is InChI=1S/C13H22O/c1-3-12-7-9-13(10-8-12)6-4-5-11(2)14/h3,12-13H,1,4-10H2,2H3. The van der Waals surface area contributed by atoms with Crippen LogP contribution < -0.4 is 0 Å². The fraction of sp³-hybridized carbons (Fsp3) is 0.769. The minimum absolute atomic E-state index is 0.338. The van der Waals surface area contributed by atoms with E-state index in [1.54, 1.807) is 6.92 Å². The number of Topliss-reactive ketones (excluding diaryl/α,β-unsaturated/α-hetero) is 1. The van der Waals surface area contributed by atoms with Crippen molar-refractivity contribution in [1.29, 1.82) is 0 Å². The van der Waals surface area contributed by atoms with Crippen LogP contribution in [0.1, 0.15) is 51.9 Å². The summed E-state index contributed by atoms with van der Waals surface area (Å²) in [4.78, 5) is 10.8. The van der Waals surface area contributed by atoms with Gasteiger partial charge in [-0.25, -0.2) is 0 Å². The Morgan fingerprint density at radius 3 is 2.50 bits per heavy atom. The van der Waals surface area contributed by atoms with Gasteiger partial charge in [0, 0.05) is 6.42 Å². The van der Waals surface area contributed by atoms with E-state index in [4.69, 9.17) is 0 Å². The highest BCUT2D eigenvalue weighted by molar-refractivity contribution is 5.75. The molecule has 0 aliphatic heterocycles. The third-order valence-corrected chi connectivity index (χ3v) is 3.37. The Balaban J connectivity index is 2.10. The Bertz CT molecular complexity index is 187. The number of ketones is 1. The second-order valence-electron chi connectivity index (χ2n) is 4.61. The summed E-state index contributed by atoms with van der Waals surface area (Å²) in [5.74, 6) is 1.98. The quantitative estimate of drug-likeness (QED) is 0.609. The molecule has 0 aromatic heterocycles. The van der Waals surface area contributed by atoms with Crippen LogP contribution >= 0.6 is 0 Å². The highest BCUT2D eigenvalue weighted by Crippen LogP contribution is 2.32. The first-order valence-electron chi connectivity index (χ1n) is 5.84. The number of hydrogen-bond donors (Lipinski definition) is 0. The van der Waals surface area contributed by atoms with E-state index in [-0.39, 0.29) is 0 Å². The normalized spacial score (nSPS) is 27.2. The highest BCUT2D eigenvalue weighted by Gasteiger charge is 2.18. The van der Waals surface area contributed by atoms with Crippen LogP contribution in [-0.4, -0.2) is 5.78 Å². The molecule has 0 amide bonds. The van der Waals surface area contributed by atoms with Crippen molar-refractivity contribution in [3.05, 3.63) is 12.7 Å². The molecule has 0 heterocycles. The van der Waals surface area contributed by atoms with E-state index >= 15 is 0 Å². The fourth-order valence-electron chi connectivity index (χ4n) is 2.35. The molecule has 0 spiro atoms. The highest BCUT2D eigenvalue weighted by atomic mass is 16.1. The predicted molar refractivity (Wildman–Crippen MR) is 60.2 cm³/mol. The van der Waals surface area contributed by atoms with E-state index in [0.717, 1.165) is 24.7 Å². The van der Waals surface area contributed by atoms with Gasteiger partial charge in [0.05, 0.1) is 0 Å². The second-order valence-corrected chi connectivity index (χ2v) is 4.61. The van der Waals surface area contributed by atoms with Gasteiger partial charge in [-0.2, -0.15) is 0 Å². The summed E-state index contributed by atoms with van der Waals surface area (Å²) in [5.41, 5.74) is 0. The van der Waals surface area contributed by atoms with Gasteiger partial charge in [0.25, 0.3) is 0 Å². The lowest BCUT2D eigenvalue weighted by molar-refractivity contribution is -0.117. The first-order chi connectivity index (χ1) is 6.72. The van der Waals surface area contributed by atoms with Crippen molar-refractivity contribution < 1.29 is 4.79 Å². The number of allylic oxidation sites excluding steroid dienone is 1. The van der Waals surface area contributed by atoms with Gasteiger partial charge in [0.2, 0.25) is 0 Å². The summed E-state index contributed by atoms with van der Waals surface area (Å²) in [6, 6.07) is 0. The van der Waals surface area contributed by atoms with Crippen LogP contribution in [0.25, 0.3) is 0 Å². The molecule has 1 aliphatic rings. The Hall–Kier alpha value is -0.590. The van der Waals surface area contributed by atoms with E-state index < -0.39 is 0 Å². The van der Waals surface area contributed by atoms with Crippen molar-refractivity contribution in [3.63, 3.8) is 0 Å². The molecule has 1 saturated carbocycles. The van der Waals surface area contributed by atoms with Crippen molar-refractivity contribution in [2.45, 2.75) is 51.9 Å². The van der Waals surface area contributed by atoms with Gasteiger partial charge in [-0.1, -0.05) is 12.5 Å². The maximum absolute atomic E-state index is 10.8. The average Bonchev–Trinajstić information content (AvgIpc) is 2.18. The summed E-state index contributed by atoms with van der Waals surface area (Å²) in [6.07, 6.45) is 10.5. The molecule has 14 heavy (non-hydrogen) atoms. The van der Waals surface area contributed by atoms with E-state index in [0.29, 0.717) is 5.78 Å². The maximum Gasteiger partial charge on any atom is 0.129 e. The molecule has 80 valence electrons. The van der Waals surface area contributed by atoms with Crippen molar-refractivity contribution in [1.82, 2.24) is 0 Å². The Morgan fingerprint density at radius 1 is 1.36 bits per heavy atom. The molecule has 1 aliphatic carbocycles. The van der Waals surface area contributed by atoms with E-state index in [9.17, 15) is 4.79 Å². The van der Waals surface area contributed by atoms with Crippen LogP contribution in [0.15, 0.2) is 12.7 Å². The second kappa shape index (κ2) is 6.00. The van der Waals surface area contributed by atoms with E-state index in [1.165, 1.54) is 32.1 Å². The molecule has 0 radical (unpaired) electrons. The van der Waals surface area contributed by atoms with Gasteiger partial charge in [-0.3, -0.25) is 0 Å². The molecule has 0 unspecified atom stereocenters. The average molecular weight is 194 g/mol. The molecule has 1 heteroatoms. The summed E-state index contributed by atoms with van der Waals surface area (Å²) < 4.78 is 0. The van der Waals surface area contributed by atoms with Crippen molar-refractivity contribution >= 4 is 5.78 Å². The monoisotopic (exact) mass is 194 g/mol. The zero-order valence-corrected chi connectivity index (χ0v) is 9.30. The first kappa shape index (κ1) is 11.5. The summed E-state index contributed by atoms with van der Waals surface area (Å²) in [7, 11) is 0. The molecule has 0 N–H and O–H groups in total. The van der Waals surface area contributed by atoms with Gasteiger partial charge >= 0.3 is 0 Å². The minimum atomic E-state index is 0.338. The van der Waals surface area contributed by atoms with Gasteiger partial charge in [-0.05, 0) is 50.9 Å². The number of rotatable bonds is 5. The van der Waals surface area contributed by atoms with Crippen LogP contribution in [0.2, 0.25) is 0 Å². The molecule has 1 rings (SSSR count). The molecular weight excluding hydrogens is 172 g/mol. The van der Waals surface area contributed by atoms with Gasteiger partial charge in [-0.15, -0.1) is 6.58 Å². The molecule has 0 aromatic carbocycles. The zero-order chi connectivity index (χ0) is 10.4. The van der Waals surface area contributed by atoms with Crippen LogP contribution in [0.4, 0.5) is 0 Å². The molecule has 1 nitrogen and oxygen atoms in total. The number of carbonyl (C=O) groups excluding carboxylic acids is 1. The molecule has 1 fully saturated rings. The summed E-state index contributed by atoms with van der Waals surface area (Å²) in [6.45, 7) is 5.54. The lowest BCUT2D eigenvalue weighted by atomic mass is 9.80.